The average Bonchev–Trinajstić information content (AvgIpc) is 2.55. The molecule has 0 saturated carbocycles. The van der Waals surface area contributed by atoms with Gasteiger partial charge in [0, 0.05) is 22.1 Å². The molecule has 0 heterocycles. The highest BCUT2D eigenvalue weighted by molar-refractivity contribution is 9.10. The Hall–Kier alpha value is -1.95. The number of halogens is 3. The normalized spacial score (nSPS) is 10.8. The molecule has 2 aromatic rings. The number of amides is 1. The molecule has 0 aliphatic carbocycles. The van der Waals surface area contributed by atoms with Gasteiger partial charge in [0.1, 0.15) is 12.4 Å². The number of anilines is 1. The predicted octanol–water partition coefficient (Wildman–Crippen LogP) is 5.62. The summed E-state index contributed by atoms with van der Waals surface area (Å²) in [4.78, 5) is 11.6. The first kappa shape index (κ1) is 18.4. The minimum Gasteiger partial charge on any atom is -0.488 e. The monoisotopic (exact) mass is 397 g/mol. The van der Waals surface area contributed by atoms with Crippen molar-refractivity contribution in [1.29, 1.82) is 0 Å². The Bertz CT molecular complexity index is 735. The summed E-state index contributed by atoms with van der Waals surface area (Å²) in [7, 11) is 0. The molecule has 3 nitrogen and oxygen atoms in total. The molecule has 0 aliphatic rings. The highest BCUT2D eigenvalue weighted by atomic mass is 79.9. The summed E-state index contributed by atoms with van der Waals surface area (Å²) in [6.45, 7) is 3.57. The maximum atomic E-state index is 13.2. The van der Waals surface area contributed by atoms with Gasteiger partial charge in [0.05, 0.1) is 5.56 Å². The van der Waals surface area contributed by atoms with E-state index in [0.29, 0.717) is 17.7 Å². The zero-order chi connectivity index (χ0) is 17.7. The molecular weight excluding hydrogens is 380 g/mol. The van der Waals surface area contributed by atoms with Crippen LogP contribution in [0.25, 0.3) is 0 Å². The van der Waals surface area contributed by atoms with Crippen molar-refractivity contribution in [3.05, 3.63) is 57.6 Å². The first-order valence-electron chi connectivity index (χ1n) is 7.51. The van der Waals surface area contributed by atoms with Crippen molar-refractivity contribution in [2.75, 3.05) is 5.32 Å². The summed E-state index contributed by atoms with van der Waals surface area (Å²) in [6, 6.07) is 10.0. The van der Waals surface area contributed by atoms with Crippen LogP contribution in [-0.2, 0) is 11.4 Å². The van der Waals surface area contributed by atoms with Crippen molar-refractivity contribution in [3.63, 3.8) is 0 Å². The molecule has 0 spiro atoms. The Kier molecular flexibility index (Phi) is 6.31. The van der Waals surface area contributed by atoms with Crippen LogP contribution in [0.3, 0.4) is 0 Å². The molecular formula is C18H18BrF2NO2. The van der Waals surface area contributed by atoms with Crippen LogP contribution in [0.15, 0.2) is 40.9 Å². The summed E-state index contributed by atoms with van der Waals surface area (Å²) in [5, 5.41) is 2.79. The van der Waals surface area contributed by atoms with Gasteiger partial charge in [0.15, 0.2) is 0 Å². The number of alkyl halides is 2. The fourth-order valence-corrected chi connectivity index (χ4v) is 2.66. The lowest BCUT2D eigenvalue weighted by atomic mass is 10.1. The smallest absolute Gasteiger partial charge is 0.267 e. The standard InChI is InChI=1S/C18H18BrF2NO2/c1-3-17(23)22-15-6-4-5-14(19)13(15)10-24-16-8-7-11(2)9-12(16)18(20)21/h4-9,18H,3,10H2,1-2H3,(H,22,23). The molecule has 0 bridgehead atoms. The Balaban J connectivity index is 2.25. The summed E-state index contributed by atoms with van der Waals surface area (Å²) in [5.74, 6) is 0.0112. The molecule has 0 aliphatic heterocycles. The van der Waals surface area contributed by atoms with E-state index in [4.69, 9.17) is 4.74 Å². The molecule has 0 saturated heterocycles. The third-order valence-electron chi connectivity index (χ3n) is 3.49. The van der Waals surface area contributed by atoms with Crippen LogP contribution in [0, 0.1) is 6.92 Å². The number of hydrogen-bond acceptors (Lipinski definition) is 2. The van der Waals surface area contributed by atoms with Crippen LogP contribution < -0.4 is 10.1 Å². The highest BCUT2D eigenvalue weighted by Crippen LogP contribution is 2.32. The predicted molar refractivity (Wildman–Crippen MR) is 93.5 cm³/mol. The van der Waals surface area contributed by atoms with Crippen molar-refractivity contribution in [1.82, 2.24) is 0 Å². The average molecular weight is 398 g/mol. The van der Waals surface area contributed by atoms with Gasteiger partial charge in [-0.2, -0.15) is 0 Å². The summed E-state index contributed by atoms with van der Waals surface area (Å²) >= 11 is 3.41. The molecule has 0 fully saturated rings. The first-order valence-corrected chi connectivity index (χ1v) is 8.30. The van der Waals surface area contributed by atoms with Gasteiger partial charge in [-0.25, -0.2) is 8.78 Å². The van der Waals surface area contributed by atoms with Gasteiger partial charge in [0.2, 0.25) is 5.91 Å². The van der Waals surface area contributed by atoms with Crippen molar-refractivity contribution >= 4 is 27.5 Å². The van der Waals surface area contributed by atoms with Gasteiger partial charge in [-0.3, -0.25) is 4.79 Å². The summed E-state index contributed by atoms with van der Waals surface area (Å²) in [5.41, 5.74) is 1.90. The van der Waals surface area contributed by atoms with Gasteiger partial charge in [0.25, 0.3) is 6.43 Å². The number of benzene rings is 2. The van der Waals surface area contributed by atoms with E-state index in [1.165, 1.54) is 12.1 Å². The topological polar surface area (TPSA) is 38.3 Å². The number of rotatable bonds is 6. The van der Waals surface area contributed by atoms with E-state index < -0.39 is 6.43 Å². The molecule has 2 aromatic carbocycles. The molecule has 0 aromatic heterocycles. The Morgan fingerprint density at radius 2 is 2.04 bits per heavy atom. The molecule has 0 unspecified atom stereocenters. The maximum Gasteiger partial charge on any atom is 0.267 e. The second-order valence-corrected chi connectivity index (χ2v) is 6.15. The van der Waals surface area contributed by atoms with Crippen LogP contribution in [0.4, 0.5) is 14.5 Å². The molecule has 1 N–H and O–H groups in total. The van der Waals surface area contributed by atoms with E-state index in [2.05, 4.69) is 21.2 Å². The third kappa shape index (κ3) is 4.54. The Labute approximate surface area is 148 Å². The molecule has 1 amide bonds. The van der Waals surface area contributed by atoms with E-state index >= 15 is 0 Å². The number of aryl methyl sites for hydroxylation is 1. The fourth-order valence-electron chi connectivity index (χ4n) is 2.18. The molecule has 6 heteroatoms. The molecule has 128 valence electrons. The van der Waals surface area contributed by atoms with Gasteiger partial charge in [-0.15, -0.1) is 0 Å². The van der Waals surface area contributed by atoms with Crippen LogP contribution in [0.2, 0.25) is 0 Å². The number of nitrogens with one attached hydrogen (secondary N) is 1. The molecule has 0 atom stereocenters. The minimum atomic E-state index is -2.61. The Morgan fingerprint density at radius 1 is 1.29 bits per heavy atom. The van der Waals surface area contributed by atoms with E-state index in [-0.39, 0.29) is 23.8 Å². The van der Waals surface area contributed by atoms with E-state index in [0.717, 1.165) is 10.0 Å². The van der Waals surface area contributed by atoms with E-state index in [9.17, 15) is 13.6 Å². The third-order valence-corrected chi connectivity index (χ3v) is 4.23. The summed E-state index contributed by atoms with van der Waals surface area (Å²) in [6.07, 6.45) is -2.27. The second-order valence-electron chi connectivity index (χ2n) is 5.30. The summed E-state index contributed by atoms with van der Waals surface area (Å²) < 4.78 is 32.7. The SMILES string of the molecule is CCC(=O)Nc1cccc(Br)c1COc1ccc(C)cc1C(F)F. The van der Waals surface area contributed by atoms with Crippen molar-refractivity contribution in [2.24, 2.45) is 0 Å². The van der Waals surface area contributed by atoms with Crippen LogP contribution in [-0.4, -0.2) is 5.91 Å². The lowest BCUT2D eigenvalue weighted by molar-refractivity contribution is -0.115. The number of ether oxygens (including phenoxy) is 1. The Morgan fingerprint density at radius 3 is 2.71 bits per heavy atom. The molecule has 24 heavy (non-hydrogen) atoms. The zero-order valence-corrected chi connectivity index (χ0v) is 15.0. The van der Waals surface area contributed by atoms with Crippen molar-refractivity contribution < 1.29 is 18.3 Å². The second kappa shape index (κ2) is 8.24. The van der Waals surface area contributed by atoms with Crippen LogP contribution >= 0.6 is 15.9 Å². The number of carbonyl (C=O) groups excluding carboxylic acids is 1. The van der Waals surface area contributed by atoms with Gasteiger partial charge in [-0.05, 0) is 31.2 Å². The van der Waals surface area contributed by atoms with Crippen molar-refractivity contribution in [2.45, 2.75) is 33.3 Å². The minimum absolute atomic E-state index is 0.0591. The lowest BCUT2D eigenvalue weighted by Gasteiger charge is -2.16. The highest BCUT2D eigenvalue weighted by Gasteiger charge is 2.16. The lowest BCUT2D eigenvalue weighted by Crippen LogP contribution is -2.12. The van der Waals surface area contributed by atoms with Crippen LogP contribution in [0.1, 0.15) is 36.5 Å². The van der Waals surface area contributed by atoms with Gasteiger partial charge >= 0.3 is 0 Å². The maximum absolute atomic E-state index is 13.2. The molecule has 2 rings (SSSR count). The van der Waals surface area contributed by atoms with Gasteiger partial charge in [-0.1, -0.05) is 40.5 Å². The van der Waals surface area contributed by atoms with E-state index in [1.807, 2.05) is 6.07 Å². The number of carbonyl (C=O) groups is 1. The first-order chi connectivity index (χ1) is 11.4. The van der Waals surface area contributed by atoms with Crippen LogP contribution in [0.5, 0.6) is 5.75 Å². The van der Waals surface area contributed by atoms with Crippen molar-refractivity contribution in [3.8, 4) is 5.75 Å². The number of hydrogen-bond donors (Lipinski definition) is 1. The zero-order valence-electron chi connectivity index (χ0n) is 13.4. The largest absolute Gasteiger partial charge is 0.488 e. The van der Waals surface area contributed by atoms with E-state index in [1.54, 1.807) is 32.0 Å². The van der Waals surface area contributed by atoms with Gasteiger partial charge < -0.3 is 10.1 Å². The molecule has 0 radical (unpaired) electrons. The fraction of sp³-hybridized carbons (Fsp3) is 0.278. The quantitative estimate of drug-likeness (QED) is 0.686.